The smallest absolute Gasteiger partial charge is 0.463 e. The molecule has 18 heteroatoms. The van der Waals surface area contributed by atoms with Crippen LogP contribution in [-0.4, -0.2) is 95.9 Å². The summed E-state index contributed by atoms with van der Waals surface area (Å²) < 4.78 is 61.9. The maximum Gasteiger partial charge on any atom is 0.472 e. The van der Waals surface area contributed by atoms with Gasteiger partial charge in [-0.1, -0.05) is 494 Å². The Kier molecular flexibility index (Phi) is 105. The number of phosphoric ester groups is 2. The molecule has 0 aliphatic heterocycles. The molecule has 16 nitrogen and oxygen atoms in total. The molecule has 0 fully saturated rings. The Hall–Kier alpha value is -4.57. The molecule has 0 heterocycles. The van der Waals surface area contributed by atoms with Crippen molar-refractivity contribution >= 4 is 33.6 Å². The minimum Gasteiger partial charge on any atom is -0.463 e. The van der Waals surface area contributed by atoms with Crippen LogP contribution in [-0.2, 0) is 55.8 Å². The molecule has 0 aromatic heterocycles. The van der Waals surface area contributed by atoms with Crippen LogP contribution in [0.2, 0.25) is 0 Å². The highest BCUT2D eigenvalue weighted by Gasteiger charge is 2.30. The lowest BCUT2D eigenvalue weighted by molar-refractivity contribution is -0.161. The summed E-state index contributed by atoms with van der Waals surface area (Å²) in [5.41, 5.74) is 0. The van der Waals surface area contributed by atoms with E-state index in [-0.39, 0.29) is 19.3 Å². The SMILES string of the molecule is CCCCC/C=C\C/C=C\C/C=C\C/C=C\CCCCCCCCCCCCCCCCCCCCCC(=O)OCC(O)COP(=O)(O)OCC(O)COP(=O)(O)OCC(COC(=O)CCCCCCCCCCCCCCCCCCCCC/C=C\C/C=C\C/C=C\C/C=C\CCCCC)OC(=O)CCCCCCCCCCCCCCC/C=C\C/C=C\C/C=C\C/C=C\CCCCC. The molecule has 0 aliphatic carbocycles. The van der Waals surface area contributed by atoms with Gasteiger partial charge in [-0.05, 0) is 154 Å². The topological polar surface area (TPSA) is 231 Å². The zero-order valence-electron chi connectivity index (χ0n) is 87.1. The van der Waals surface area contributed by atoms with Crippen LogP contribution in [0.1, 0.15) is 522 Å². The number of aliphatic hydroxyl groups excluding tert-OH is 2. The van der Waals surface area contributed by atoms with Gasteiger partial charge in [0.1, 0.15) is 25.4 Å². The Morgan fingerprint density at radius 3 is 0.585 bits per heavy atom. The minimum atomic E-state index is -4.95. The first-order valence-corrected chi connectivity index (χ1v) is 59.1. The van der Waals surface area contributed by atoms with Crippen LogP contribution in [0.25, 0.3) is 0 Å². The number of esters is 3. The van der Waals surface area contributed by atoms with Gasteiger partial charge in [0.25, 0.3) is 0 Å². The highest BCUT2D eigenvalue weighted by molar-refractivity contribution is 7.47. The highest BCUT2D eigenvalue weighted by atomic mass is 31.2. The van der Waals surface area contributed by atoms with E-state index in [1.165, 1.54) is 334 Å². The Labute approximate surface area is 829 Å². The number of carbonyl (C=O) groups is 3. The van der Waals surface area contributed by atoms with E-state index in [1.54, 1.807) is 0 Å². The average Bonchev–Trinajstić information content (AvgIpc) is 0.895. The van der Waals surface area contributed by atoms with Crippen LogP contribution in [0.15, 0.2) is 146 Å². The van der Waals surface area contributed by atoms with E-state index in [4.69, 9.17) is 32.3 Å². The molecule has 4 N–H and O–H groups in total. The predicted molar refractivity (Wildman–Crippen MR) is 574 cm³/mol. The molecule has 0 saturated carbocycles. The first-order valence-electron chi connectivity index (χ1n) is 56.1. The Balaban J connectivity index is 4.56. The number of aliphatic hydroxyl groups is 2. The van der Waals surface area contributed by atoms with Crippen LogP contribution in [0.4, 0.5) is 0 Å². The number of rotatable bonds is 107. The Morgan fingerprint density at radius 2 is 0.370 bits per heavy atom. The van der Waals surface area contributed by atoms with Crippen LogP contribution in [0, 0.1) is 0 Å². The molecule has 0 bridgehead atoms. The lowest BCUT2D eigenvalue weighted by Gasteiger charge is -2.21. The standard InChI is InChI=1S/C117H208O16P2/c1-4-7-10-13-16-19-22-25-28-31-34-37-40-43-46-49-51-53-55-57-59-62-64-67-70-73-76-79-82-85-88-91-94-97-100-103-115(120)127-106-112(118)107-129-134(123,124)130-108-113(119)109-131-135(125,126)132-111-114(133-117(122)105-102-99-96-93-90-87-84-81-78-75-72-69-66-61-48-45-42-39-36-33-30-27-24-21-18-15-12-9-6-3)110-128-116(121)104-101-98-95-92-89-86-83-80-77-74-71-68-65-63-60-58-56-54-52-50-47-44-41-38-35-32-29-26-23-20-17-14-11-8-5-2/h16-21,25-30,34-39,43-48,112-114,118-119H,4-15,22-24,31-33,40-42,49-111H2,1-3H3,(H,123,124)(H,125,126)/b19-16-,20-17-,21-18-,28-25-,29-26-,30-27-,37-34-,38-35-,39-36-,46-43-,47-44-,48-45-. The largest absolute Gasteiger partial charge is 0.472 e. The van der Waals surface area contributed by atoms with Crippen LogP contribution in [0.5, 0.6) is 0 Å². The zero-order valence-corrected chi connectivity index (χ0v) is 88.9. The van der Waals surface area contributed by atoms with Crippen LogP contribution >= 0.6 is 15.6 Å². The van der Waals surface area contributed by atoms with E-state index < -0.39 is 91.5 Å². The van der Waals surface area contributed by atoms with Gasteiger partial charge < -0.3 is 34.2 Å². The van der Waals surface area contributed by atoms with Gasteiger partial charge in [-0.3, -0.25) is 32.5 Å². The summed E-state index contributed by atoms with van der Waals surface area (Å²) in [5.74, 6) is -1.55. The molecule has 135 heavy (non-hydrogen) atoms. The molecule has 0 rings (SSSR count). The van der Waals surface area contributed by atoms with Gasteiger partial charge in [-0.25, -0.2) is 9.13 Å². The van der Waals surface area contributed by atoms with Gasteiger partial charge in [-0.2, -0.15) is 0 Å². The maximum absolute atomic E-state index is 13.2. The molecule has 0 saturated heterocycles. The molecular formula is C117H208O16P2. The highest BCUT2D eigenvalue weighted by Crippen LogP contribution is 2.45. The fourth-order valence-electron chi connectivity index (χ4n) is 16.0. The third kappa shape index (κ3) is 110. The van der Waals surface area contributed by atoms with E-state index in [0.29, 0.717) is 19.3 Å². The first-order chi connectivity index (χ1) is 66.2. The molecule has 0 aliphatic rings. The van der Waals surface area contributed by atoms with Gasteiger partial charge in [0.2, 0.25) is 0 Å². The van der Waals surface area contributed by atoms with Crippen molar-refractivity contribution < 1.29 is 75.8 Å². The molecule has 5 unspecified atom stereocenters. The molecule has 0 aromatic carbocycles. The van der Waals surface area contributed by atoms with Gasteiger partial charge >= 0.3 is 33.6 Å². The van der Waals surface area contributed by atoms with E-state index in [2.05, 4.69) is 167 Å². The van der Waals surface area contributed by atoms with E-state index >= 15 is 0 Å². The summed E-state index contributed by atoms with van der Waals surface area (Å²) in [6.07, 6.45) is 141. The maximum atomic E-state index is 13.2. The third-order valence-electron chi connectivity index (χ3n) is 24.5. The van der Waals surface area contributed by atoms with Crippen molar-refractivity contribution in [3.05, 3.63) is 146 Å². The number of carbonyl (C=O) groups excluding carboxylic acids is 3. The second-order valence-corrected chi connectivity index (χ2v) is 40.7. The number of ether oxygens (including phenoxy) is 3. The van der Waals surface area contributed by atoms with Gasteiger partial charge in [0, 0.05) is 19.3 Å². The number of phosphoric acid groups is 2. The number of allylic oxidation sites excluding steroid dienone is 24. The summed E-state index contributed by atoms with van der Waals surface area (Å²) in [6.45, 7) is 2.71. The van der Waals surface area contributed by atoms with Crippen LogP contribution in [0.3, 0.4) is 0 Å². The Bertz CT molecular complexity index is 3030. The third-order valence-corrected chi connectivity index (χ3v) is 26.4. The molecular weight excluding hydrogens is 1720 g/mol. The predicted octanol–water partition coefficient (Wildman–Crippen LogP) is 36.1. The molecule has 0 aromatic rings. The fourth-order valence-corrected chi connectivity index (χ4v) is 17.6. The quantitative estimate of drug-likeness (QED) is 0.0146. The average molecular weight is 1930 g/mol. The van der Waals surface area contributed by atoms with Gasteiger partial charge in [0.15, 0.2) is 6.10 Å². The van der Waals surface area contributed by atoms with E-state index in [0.717, 1.165) is 128 Å². The zero-order chi connectivity index (χ0) is 97.8. The summed E-state index contributed by atoms with van der Waals surface area (Å²) in [7, 11) is -9.82. The van der Waals surface area contributed by atoms with Crippen molar-refractivity contribution in [2.75, 3.05) is 39.6 Å². The molecule has 0 amide bonds. The number of unbranched alkanes of at least 4 members (excludes halogenated alkanes) is 60. The molecule has 5 atom stereocenters. The first kappa shape index (κ1) is 130. The van der Waals surface area contributed by atoms with Crippen molar-refractivity contribution in [1.29, 1.82) is 0 Å². The second kappa shape index (κ2) is 108. The van der Waals surface area contributed by atoms with Crippen molar-refractivity contribution in [2.45, 2.75) is 540 Å². The summed E-state index contributed by atoms with van der Waals surface area (Å²) in [5, 5.41) is 20.8. The van der Waals surface area contributed by atoms with Crippen molar-refractivity contribution in [1.82, 2.24) is 0 Å². The van der Waals surface area contributed by atoms with E-state index in [9.17, 15) is 43.5 Å². The molecule has 0 spiro atoms. The molecule has 782 valence electrons. The Morgan fingerprint density at radius 1 is 0.207 bits per heavy atom. The van der Waals surface area contributed by atoms with Crippen molar-refractivity contribution in [3.8, 4) is 0 Å². The number of hydrogen-bond donors (Lipinski definition) is 4. The summed E-state index contributed by atoms with van der Waals surface area (Å²) >= 11 is 0. The van der Waals surface area contributed by atoms with Crippen molar-refractivity contribution in [2.24, 2.45) is 0 Å². The fraction of sp³-hybridized carbons (Fsp3) is 0.769. The monoisotopic (exact) mass is 1930 g/mol. The lowest BCUT2D eigenvalue weighted by atomic mass is 10.0. The normalized spacial score (nSPS) is 14.1. The van der Waals surface area contributed by atoms with Crippen molar-refractivity contribution in [3.63, 3.8) is 0 Å². The van der Waals surface area contributed by atoms with Gasteiger partial charge in [0.05, 0.1) is 26.4 Å². The minimum absolute atomic E-state index is 0.104. The second-order valence-electron chi connectivity index (χ2n) is 37.8. The summed E-state index contributed by atoms with van der Waals surface area (Å²) in [6, 6.07) is 0. The summed E-state index contributed by atoms with van der Waals surface area (Å²) in [4.78, 5) is 59.4. The number of hydrogen-bond acceptors (Lipinski definition) is 14. The lowest BCUT2D eigenvalue weighted by Crippen LogP contribution is -2.30. The van der Waals surface area contributed by atoms with Crippen LogP contribution < -0.4 is 0 Å². The van der Waals surface area contributed by atoms with E-state index in [1.807, 2.05) is 0 Å². The molecule has 0 radical (unpaired) electrons. The van der Waals surface area contributed by atoms with Gasteiger partial charge in [-0.15, -0.1) is 0 Å².